The quantitative estimate of drug-likeness (QED) is 0.856. The van der Waals surface area contributed by atoms with Crippen LogP contribution in [0.15, 0.2) is 29.4 Å². The zero-order valence-electron chi connectivity index (χ0n) is 12.1. The van der Waals surface area contributed by atoms with Crippen molar-refractivity contribution in [1.29, 1.82) is 0 Å². The van der Waals surface area contributed by atoms with Crippen molar-refractivity contribution in [2.45, 2.75) is 19.0 Å². The van der Waals surface area contributed by atoms with E-state index in [0.717, 1.165) is 5.56 Å². The second-order valence-corrected chi connectivity index (χ2v) is 5.56. The van der Waals surface area contributed by atoms with Gasteiger partial charge in [-0.15, -0.1) is 10.2 Å². The molecule has 0 saturated heterocycles. The van der Waals surface area contributed by atoms with Crippen molar-refractivity contribution in [3.63, 3.8) is 0 Å². The first-order valence-electron chi connectivity index (χ1n) is 6.37. The van der Waals surface area contributed by atoms with E-state index < -0.39 is 0 Å². The van der Waals surface area contributed by atoms with Crippen LogP contribution in [0.25, 0.3) is 11.4 Å². The van der Waals surface area contributed by atoms with Gasteiger partial charge >= 0.3 is 0 Å². The number of nitrogens with one attached hydrogen (secondary N) is 1. The number of benzene rings is 1. The maximum atomic E-state index is 11.1. The lowest BCUT2D eigenvalue weighted by molar-refractivity contribution is -0.115. The molecule has 0 aliphatic carbocycles. The Kier molecular flexibility index (Phi) is 4.74. The van der Waals surface area contributed by atoms with Gasteiger partial charge in [-0.25, -0.2) is 0 Å². The highest BCUT2D eigenvalue weighted by molar-refractivity contribution is 7.99. The number of nitrogens with zero attached hydrogens (tertiary/aromatic N) is 3. The number of anilines is 1. The fourth-order valence-electron chi connectivity index (χ4n) is 1.80. The predicted molar refractivity (Wildman–Crippen MR) is 82.1 cm³/mol. The molecule has 1 N–H and O–H groups in total. The molecule has 7 heteroatoms. The molecule has 2 aromatic rings. The summed E-state index contributed by atoms with van der Waals surface area (Å²) in [4.78, 5) is 22.1. The molecule has 0 atom stereocenters. The summed E-state index contributed by atoms with van der Waals surface area (Å²) in [7, 11) is 1.85. The maximum absolute atomic E-state index is 11.1. The smallest absolute Gasteiger partial charge is 0.221 e. The van der Waals surface area contributed by atoms with Crippen molar-refractivity contribution in [3.8, 4) is 11.4 Å². The van der Waals surface area contributed by atoms with E-state index in [9.17, 15) is 9.59 Å². The Labute approximate surface area is 127 Å². The van der Waals surface area contributed by atoms with Gasteiger partial charge in [0.05, 0.1) is 5.75 Å². The van der Waals surface area contributed by atoms with Crippen LogP contribution in [0, 0.1) is 0 Å². The molecule has 1 amide bonds. The standard InChI is InChI=1S/C14H16N4O2S/c1-9(19)8-21-14-17-16-13(18(14)3)11-5-4-6-12(7-11)15-10(2)20/h4-7H,8H2,1-3H3,(H,15,20). The zero-order chi connectivity index (χ0) is 15.4. The first kappa shape index (κ1) is 15.2. The number of amides is 1. The second kappa shape index (κ2) is 6.53. The monoisotopic (exact) mass is 304 g/mol. The molecule has 0 fully saturated rings. The van der Waals surface area contributed by atoms with Crippen molar-refractivity contribution >= 4 is 29.1 Å². The molecule has 1 aromatic heterocycles. The number of aromatic nitrogens is 3. The molecule has 0 radical (unpaired) electrons. The maximum Gasteiger partial charge on any atom is 0.221 e. The van der Waals surface area contributed by atoms with Gasteiger partial charge in [0.25, 0.3) is 0 Å². The second-order valence-electron chi connectivity index (χ2n) is 4.62. The lowest BCUT2D eigenvalue weighted by Gasteiger charge is -2.06. The van der Waals surface area contributed by atoms with Crippen LogP contribution in [-0.4, -0.2) is 32.2 Å². The lowest BCUT2D eigenvalue weighted by Crippen LogP contribution is -2.05. The summed E-state index contributed by atoms with van der Waals surface area (Å²) in [5.41, 5.74) is 1.56. The molecule has 21 heavy (non-hydrogen) atoms. The van der Waals surface area contributed by atoms with Gasteiger partial charge in [-0.05, 0) is 19.1 Å². The number of thioether (sulfide) groups is 1. The minimum absolute atomic E-state index is 0.0946. The summed E-state index contributed by atoms with van der Waals surface area (Å²) in [5.74, 6) is 1.03. The van der Waals surface area contributed by atoms with E-state index in [0.29, 0.717) is 22.4 Å². The number of carbonyl (C=O) groups excluding carboxylic acids is 2. The molecule has 0 unspecified atom stereocenters. The Morgan fingerprint density at radius 1 is 1.29 bits per heavy atom. The van der Waals surface area contributed by atoms with E-state index in [4.69, 9.17) is 0 Å². The first-order valence-corrected chi connectivity index (χ1v) is 7.35. The molecule has 0 saturated carbocycles. The largest absolute Gasteiger partial charge is 0.326 e. The summed E-state index contributed by atoms with van der Waals surface area (Å²) in [6.07, 6.45) is 0. The third-order valence-electron chi connectivity index (χ3n) is 2.68. The molecule has 2 rings (SSSR count). The van der Waals surface area contributed by atoms with E-state index in [1.54, 1.807) is 6.92 Å². The van der Waals surface area contributed by atoms with Gasteiger partial charge in [-0.1, -0.05) is 23.9 Å². The third kappa shape index (κ3) is 3.91. The molecular formula is C14H16N4O2S. The molecular weight excluding hydrogens is 288 g/mol. The molecule has 6 nitrogen and oxygen atoms in total. The van der Waals surface area contributed by atoms with Crippen LogP contribution >= 0.6 is 11.8 Å². The highest BCUT2D eigenvalue weighted by Crippen LogP contribution is 2.24. The molecule has 1 aromatic carbocycles. The van der Waals surface area contributed by atoms with Crippen LogP contribution in [0.3, 0.4) is 0 Å². The fraction of sp³-hybridized carbons (Fsp3) is 0.286. The van der Waals surface area contributed by atoms with E-state index in [1.807, 2.05) is 35.9 Å². The molecule has 110 valence electrons. The number of rotatable bonds is 5. The van der Waals surface area contributed by atoms with Crippen LogP contribution in [-0.2, 0) is 16.6 Å². The van der Waals surface area contributed by atoms with Crippen LogP contribution in [0.5, 0.6) is 0 Å². The van der Waals surface area contributed by atoms with Gasteiger partial charge in [-0.2, -0.15) is 0 Å². The van der Waals surface area contributed by atoms with Crippen molar-refractivity contribution in [1.82, 2.24) is 14.8 Å². The van der Waals surface area contributed by atoms with Crippen LogP contribution < -0.4 is 5.32 Å². The van der Waals surface area contributed by atoms with Crippen LogP contribution in [0.4, 0.5) is 5.69 Å². The van der Waals surface area contributed by atoms with Crippen molar-refractivity contribution in [3.05, 3.63) is 24.3 Å². The molecule has 0 spiro atoms. The highest BCUT2D eigenvalue weighted by Gasteiger charge is 2.12. The number of hydrogen-bond acceptors (Lipinski definition) is 5. The number of Topliss-reactive ketones (excluding diaryl/α,β-unsaturated/α-hetero) is 1. The molecule has 0 aliphatic heterocycles. The predicted octanol–water partition coefficient (Wildman–Crippen LogP) is 2.12. The normalized spacial score (nSPS) is 10.4. The van der Waals surface area contributed by atoms with Crippen molar-refractivity contribution in [2.24, 2.45) is 7.05 Å². The number of carbonyl (C=O) groups is 2. The van der Waals surface area contributed by atoms with E-state index in [-0.39, 0.29) is 11.7 Å². The summed E-state index contributed by atoms with van der Waals surface area (Å²) < 4.78 is 1.83. The Bertz CT molecular complexity index is 681. The van der Waals surface area contributed by atoms with Gasteiger partial charge in [0, 0.05) is 25.2 Å². The Morgan fingerprint density at radius 3 is 2.71 bits per heavy atom. The van der Waals surface area contributed by atoms with Gasteiger partial charge in [0.15, 0.2) is 11.0 Å². The van der Waals surface area contributed by atoms with Crippen molar-refractivity contribution < 1.29 is 9.59 Å². The first-order chi connectivity index (χ1) is 9.97. The minimum atomic E-state index is -0.122. The Morgan fingerprint density at radius 2 is 2.05 bits per heavy atom. The molecule has 1 heterocycles. The Hall–Kier alpha value is -2.15. The molecule has 0 aliphatic rings. The van der Waals surface area contributed by atoms with Gasteiger partial charge < -0.3 is 9.88 Å². The van der Waals surface area contributed by atoms with Crippen molar-refractivity contribution in [2.75, 3.05) is 11.1 Å². The zero-order valence-corrected chi connectivity index (χ0v) is 12.9. The van der Waals surface area contributed by atoms with E-state index in [1.165, 1.54) is 18.7 Å². The van der Waals surface area contributed by atoms with Crippen LogP contribution in [0.1, 0.15) is 13.8 Å². The average molecular weight is 304 g/mol. The SMILES string of the molecule is CC(=O)CSc1nnc(-c2cccc(NC(C)=O)c2)n1C. The van der Waals surface area contributed by atoms with E-state index in [2.05, 4.69) is 15.5 Å². The summed E-state index contributed by atoms with van der Waals surface area (Å²) >= 11 is 1.36. The van der Waals surface area contributed by atoms with Gasteiger partial charge in [-0.3, -0.25) is 9.59 Å². The van der Waals surface area contributed by atoms with Gasteiger partial charge in [0.1, 0.15) is 5.78 Å². The third-order valence-corrected chi connectivity index (χ3v) is 3.85. The highest BCUT2D eigenvalue weighted by atomic mass is 32.2. The molecule has 0 bridgehead atoms. The number of ketones is 1. The number of hydrogen-bond donors (Lipinski definition) is 1. The van der Waals surface area contributed by atoms with Crippen LogP contribution in [0.2, 0.25) is 0 Å². The van der Waals surface area contributed by atoms with Gasteiger partial charge in [0.2, 0.25) is 5.91 Å². The fourth-order valence-corrected chi connectivity index (χ4v) is 2.51. The minimum Gasteiger partial charge on any atom is -0.326 e. The average Bonchev–Trinajstić information content (AvgIpc) is 2.77. The summed E-state index contributed by atoms with van der Waals surface area (Å²) in [5, 5.41) is 11.7. The topological polar surface area (TPSA) is 76.9 Å². The van der Waals surface area contributed by atoms with E-state index >= 15 is 0 Å². The Balaban J connectivity index is 2.26. The lowest BCUT2D eigenvalue weighted by atomic mass is 10.2. The summed E-state index contributed by atoms with van der Waals surface area (Å²) in [6, 6.07) is 7.39. The summed E-state index contributed by atoms with van der Waals surface area (Å²) in [6.45, 7) is 3.01.